The first kappa shape index (κ1) is 18.0. The number of ether oxygens (including phenoxy) is 2. The topological polar surface area (TPSA) is 36.9 Å². The van der Waals surface area contributed by atoms with Crippen molar-refractivity contribution >= 4 is 7.69 Å². The monoisotopic (exact) mass is 373 g/mol. The van der Waals surface area contributed by atoms with Gasteiger partial charge in [-0.3, -0.25) is 0 Å². The lowest BCUT2D eigenvalue weighted by Gasteiger charge is -2.23. The molecule has 7 heteroatoms. The quantitative estimate of drug-likeness (QED) is 0.752. The summed E-state index contributed by atoms with van der Waals surface area (Å²) in [5.41, 5.74) is 3.26. The van der Waals surface area contributed by atoms with E-state index in [1.165, 1.54) is 12.1 Å². The van der Waals surface area contributed by atoms with Crippen LogP contribution in [-0.2, 0) is 12.8 Å². The van der Waals surface area contributed by atoms with Gasteiger partial charge in [-0.05, 0) is 50.7 Å². The number of benzene rings is 2. The Morgan fingerprint density at radius 2 is 1.26 bits per heavy atom. The minimum absolute atomic E-state index is 0.305. The van der Waals surface area contributed by atoms with Crippen LogP contribution in [0.25, 0.3) is 0 Å². The fourth-order valence-corrected chi connectivity index (χ4v) is 3.64. The molecule has 0 fully saturated rings. The molecule has 0 saturated heterocycles. The number of halogens is 2. The van der Waals surface area contributed by atoms with Crippen molar-refractivity contribution in [1.29, 1.82) is 0 Å². The third kappa shape index (κ3) is 3.31. The van der Waals surface area contributed by atoms with E-state index in [-0.39, 0.29) is 0 Å². The minimum Gasteiger partial charge on any atom is -0.526 e. The van der Waals surface area contributed by atoms with Crippen LogP contribution in [0.1, 0.15) is 35.1 Å². The van der Waals surface area contributed by atoms with Crippen LogP contribution in [0.2, 0.25) is 0 Å². The molecule has 4 nitrogen and oxygen atoms in total. The first-order chi connectivity index (χ1) is 13.1. The standard InChI is InChI=1S/C20H20BF2O4/c1-11-13-5-3-7-24-19(13)15(22)9-17(11)26-21-27-18-10-16(23)20-14(12(18)2)6-4-8-25-20/h9-10H,3-8H2,1-2H3. The Morgan fingerprint density at radius 1 is 0.815 bits per heavy atom. The van der Waals surface area contributed by atoms with Crippen molar-refractivity contribution in [2.75, 3.05) is 13.2 Å². The summed E-state index contributed by atoms with van der Waals surface area (Å²) in [5, 5.41) is 0. The molecule has 0 aliphatic carbocycles. The second kappa shape index (κ2) is 7.29. The van der Waals surface area contributed by atoms with E-state index in [0.717, 1.165) is 55.6 Å². The maximum Gasteiger partial charge on any atom is 0.658 e. The molecule has 2 aromatic rings. The van der Waals surface area contributed by atoms with E-state index in [9.17, 15) is 8.78 Å². The van der Waals surface area contributed by atoms with Crippen LogP contribution in [0.3, 0.4) is 0 Å². The van der Waals surface area contributed by atoms with Gasteiger partial charge in [0.05, 0.1) is 13.2 Å². The molecule has 2 aliphatic rings. The molecule has 0 amide bonds. The molecular formula is C20H20BF2O4. The molecule has 2 aromatic carbocycles. The van der Waals surface area contributed by atoms with Gasteiger partial charge in [-0.15, -0.1) is 0 Å². The van der Waals surface area contributed by atoms with E-state index in [4.69, 9.17) is 18.8 Å². The molecule has 2 aliphatic heterocycles. The van der Waals surface area contributed by atoms with Crippen molar-refractivity contribution in [3.63, 3.8) is 0 Å². The van der Waals surface area contributed by atoms with Crippen LogP contribution >= 0.6 is 0 Å². The molecule has 0 aromatic heterocycles. The van der Waals surface area contributed by atoms with E-state index in [0.29, 0.717) is 36.2 Å². The summed E-state index contributed by atoms with van der Waals surface area (Å²) >= 11 is 0. The molecule has 27 heavy (non-hydrogen) atoms. The molecule has 0 spiro atoms. The number of fused-ring (bicyclic) bond motifs is 2. The number of rotatable bonds is 4. The van der Waals surface area contributed by atoms with Crippen LogP contribution in [-0.4, -0.2) is 20.9 Å². The lowest BCUT2D eigenvalue weighted by molar-refractivity contribution is 0.271. The molecule has 0 N–H and O–H groups in total. The van der Waals surface area contributed by atoms with Crippen molar-refractivity contribution in [3.8, 4) is 23.0 Å². The Balaban J connectivity index is 1.51. The maximum absolute atomic E-state index is 14.2. The van der Waals surface area contributed by atoms with Gasteiger partial charge in [0.1, 0.15) is 11.5 Å². The second-order valence-corrected chi connectivity index (χ2v) is 6.81. The molecule has 2 heterocycles. The zero-order valence-electron chi connectivity index (χ0n) is 15.4. The van der Waals surface area contributed by atoms with Crippen LogP contribution in [0.5, 0.6) is 23.0 Å². The second-order valence-electron chi connectivity index (χ2n) is 6.81. The van der Waals surface area contributed by atoms with Crippen molar-refractivity contribution in [1.82, 2.24) is 0 Å². The molecule has 0 atom stereocenters. The zero-order valence-corrected chi connectivity index (χ0v) is 15.4. The Hall–Kier alpha value is -2.44. The Kier molecular flexibility index (Phi) is 4.85. The summed E-state index contributed by atoms with van der Waals surface area (Å²) in [6.45, 7) is 4.76. The lowest BCUT2D eigenvalue weighted by atomic mass is 9.99. The third-order valence-electron chi connectivity index (χ3n) is 5.13. The minimum atomic E-state index is -0.452. The van der Waals surface area contributed by atoms with E-state index in [2.05, 4.69) is 0 Å². The highest BCUT2D eigenvalue weighted by Crippen LogP contribution is 2.37. The summed E-state index contributed by atoms with van der Waals surface area (Å²) in [6.07, 6.45) is 3.16. The van der Waals surface area contributed by atoms with Crippen LogP contribution in [0.4, 0.5) is 8.78 Å². The summed E-state index contributed by atoms with van der Waals surface area (Å²) in [5.74, 6) is 0.422. The fraction of sp³-hybridized carbons (Fsp3) is 0.400. The summed E-state index contributed by atoms with van der Waals surface area (Å²) in [7, 11) is 1.11. The number of hydrogen-bond acceptors (Lipinski definition) is 4. The Labute approximate surface area is 157 Å². The smallest absolute Gasteiger partial charge is 0.526 e. The Morgan fingerprint density at radius 3 is 1.70 bits per heavy atom. The van der Waals surface area contributed by atoms with Gasteiger partial charge < -0.3 is 18.8 Å². The molecule has 0 unspecified atom stereocenters. The van der Waals surface area contributed by atoms with Gasteiger partial charge in [-0.1, -0.05) is 0 Å². The molecular weight excluding hydrogens is 353 g/mol. The van der Waals surface area contributed by atoms with Crippen molar-refractivity contribution in [2.45, 2.75) is 39.5 Å². The fourth-order valence-electron chi connectivity index (χ4n) is 3.64. The van der Waals surface area contributed by atoms with Gasteiger partial charge in [0.15, 0.2) is 23.1 Å². The van der Waals surface area contributed by atoms with E-state index < -0.39 is 11.6 Å². The van der Waals surface area contributed by atoms with Gasteiger partial charge in [0.2, 0.25) is 0 Å². The maximum atomic E-state index is 14.2. The predicted molar refractivity (Wildman–Crippen MR) is 96.9 cm³/mol. The largest absolute Gasteiger partial charge is 0.658 e. The summed E-state index contributed by atoms with van der Waals surface area (Å²) < 4.78 is 50.4. The van der Waals surface area contributed by atoms with Gasteiger partial charge in [-0.2, -0.15) is 0 Å². The van der Waals surface area contributed by atoms with Gasteiger partial charge >= 0.3 is 7.69 Å². The van der Waals surface area contributed by atoms with E-state index >= 15 is 0 Å². The average Bonchev–Trinajstić information content (AvgIpc) is 2.69. The summed E-state index contributed by atoms with van der Waals surface area (Å²) in [6, 6.07) is 2.57. The predicted octanol–water partition coefficient (Wildman–Crippen LogP) is 4.22. The van der Waals surface area contributed by atoms with Gasteiger partial charge in [-0.25, -0.2) is 8.78 Å². The SMILES string of the molecule is Cc1c(O[B]Oc2cc(F)c3c(c2C)CCCO3)cc(F)c2c1CCCO2. The molecule has 4 rings (SSSR count). The van der Waals surface area contributed by atoms with Gasteiger partial charge in [0, 0.05) is 23.3 Å². The average molecular weight is 373 g/mol. The van der Waals surface area contributed by atoms with Crippen molar-refractivity contribution in [3.05, 3.63) is 46.0 Å². The first-order valence-corrected chi connectivity index (χ1v) is 9.11. The zero-order chi connectivity index (χ0) is 19.0. The van der Waals surface area contributed by atoms with Crippen molar-refractivity contribution in [2.24, 2.45) is 0 Å². The molecule has 0 bridgehead atoms. The first-order valence-electron chi connectivity index (χ1n) is 9.11. The lowest BCUT2D eigenvalue weighted by Crippen LogP contribution is -2.17. The molecule has 1 radical (unpaired) electrons. The van der Waals surface area contributed by atoms with Crippen molar-refractivity contribution < 1.29 is 27.6 Å². The number of hydrogen-bond donors (Lipinski definition) is 0. The van der Waals surface area contributed by atoms with Gasteiger partial charge in [0.25, 0.3) is 0 Å². The summed E-state index contributed by atoms with van der Waals surface area (Å²) in [4.78, 5) is 0. The third-order valence-corrected chi connectivity index (χ3v) is 5.13. The molecule has 141 valence electrons. The molecule has 0 saturated carbocycles. The normalized spacial score (nSPS) is 15.1. The highest BCUT2D eigenvalue weighted by atomic mass is 19.1. The highest BCUT2D eigenvalue weighted by Gasteiger charge is 2.23. The van der Waals surface area contributed by atoms with Crippen LogP contribution < -0.4 is 18.8 Å². The van der Waals surface area contributed by atoms with Crippen LogP contribution in [0, 0.1) is 25.5 Å². The van der Waals surface area contributed by atoms with E-state index in [1.807, 2.05) is 13.8 Å². The van der Waals surface area contributed by atoms with E-state index in [1.54, 1.807) is 0 Å². The van der Waals surface area contributed by atoms with Crippen LogP contribution in [0.15, 0.2) is 12.1 Å². The Bertz CT molecular complexity index is 814. The highest BCUT2D eigenvalue weighted by molar-refractivity contribution is 6.20.